The minimum absolute atomic E-state index is 0.0616. The summed E-state index contributed by atoms with van der Waals surface area (Å²) in [5.74, 6) is 0.664. The summed E-state index contributed by atoms with van der Waals surface area (Å²) in [6, 6.07) is 14.6. The molecule has 2 heterocycles. The second-order valence-electron chi connectivity index (χ2n) is 7.29. The van der Waals surface area contributed by atoms with Crippen molar-refractivity contribution in [3.63, 3.8) is 0 Å². The number of hydrogen-bond donors (Lipinski definition) is 2. The lowest BCUT2D eigenvalue weighted by Crippen LogP contribution is -2.31. The summed E-state index contributed by atoms with van der Waals surface area (Å²) in [4.78, 5) is 31.1. The van der Waals surface area contributed by atoms with Gasteiger partial charge in [-0.2, -0.15) is 0 Å². The van der Waals surface area contributed by atoms with Gasteiger partial charge in [-0.3, -0.25) is 4.79 Å². The van der Waals surface area contributed by atoms with E-state index in [-0.39, 0.29) is 18.0 Å². The maximum absolute atomic E-state index is 12.6. The molecule has 1 aliphatic heterocycles. The second-order valence-corrected chi connectivity index (χ2v) is 8.18. The highest BCUT2D eigenvalue weighted by atomic mass is 32.1. The number of nitrogens with one attached hydrogen (secondary N) is 2. The van der Waals surface area contributed by atoms with Crippen molar-refractivity contribution in [2.75, 3.05) is 23.9 Å². The quantitative estimate of drug-likeness (QED) is 0.580. The van der Waals surface area contributed by atoms with Crippen molar-refractivity contribution in [2.24, 2.45) is 0 Å². The molecule has 2 N–H and O–H groups in total. The zero-order chi connectivity index (χ0) is 21.8. The van der Waals surface area contributed by atoms with Crippen LogP contribution in [0.3, 0.4) is 0 Å². The van der Waals surface area contributed by atoms with Crippen LogP contribution in [0.5, 0.6) is 5.75 Å². The number of ether oxygens (including phenoxy) is 1. The lowest BCUT2D eigenvalue weighted by Gasteiger charge is -2.20. The van der Waals surface area contributed by atoms with Gasteiger partial charge in [0, 0.05) is 29.6 Å². The summed E-state index contributed by atoms with van der Waals surface area (Å²) >= 11 is 1.51. The number of carbonyl (C=O) groups excluding carboxylic acids is 2. The van der Waals surface area contributed by atoms with Crippen molar-refractivity contribution in [1.29, 1.82) is 0 Å². The first-order chi connectivity index (χ1) is 15.0. The summed E-state index contributed by atoms with van der Waals surface area (Å²) in [5.41, 5.74) is 3.20. The molecule has 2 aromatic carbocycles. The van der Waals surface area contributed by atoms with E-state index in [0.29, 0.717) is 30.1 Å². The van der Waals surface area contributed by atoms with E-state index in [1.807, 2.05) is 42.6 Å². The minimum atomic E-state index is -0.340. The molecule has 1 fully saturated rings. The largest absolute Gasteiger partial charge is 0.495 e. The van der Waals surface area contributed by atoms with Crippen LogP contribution in [0.1, 0.15) is 30.8 Å². The van der Waals surface area contributed by atoms with Gasteiger partial charge in [0.1, 0.15) is 10.8 Å². The molecule has 160 valence electrons. The van der Waals surface area contributed by atoms with Crippen molar-refractivity contribution in [3.8, 4) is 17.0 Å². The number of benzene rings is 2. The highest BCUT2D eigenvalue weighted by Gasteiger charge is 2.25. The van der Waals surface area contributed by atoms with Crippen molar-refractivity contribution in [3.05, 3.63) is 58.9 Å². The molecule has 31 heavy (non-hydrogen) atoms. The first kappa shape index (κ1) is 20.9. The predicted molar refractivity (Wildman–Crippen MR) is 123 cm³/mol. The van der Waals surface area contributed by atoms with Crippen molar-refractivity contribution in [1.82, 2.24) is 10.3 Å². The van der Waals surface area contributed by atoms with E-state index < -0.39 is 0 Å². The highest BCUT2D eigenvalue weighted by Crippen LogP contribution is 2.34. The molecule has 0 radical (unpaired) electrons. The molecule has 8 heteroatoms. The Kier molecular flexibility index (Phi) is 6.18. The Morgan fingerprint density at radius 1 is 1.23 bits per heavy atom. The van der Waals surface area contributed by atoms with Gasteiger partial charge in [-0.05, 0) is 31.5 Å². The molecule has 1 saturated heterocycles. The fraction of sp³-hybridized carbons (Fsp3) is 0.261. The molecule has 0 saturated carbocycles. The molecule has 1 unspecified atom stereocenters. The van der Waals surface area contributed by atoms with Gasteiger partial charge < -0.3 is 20.3 Å². The van der Waals surface area contributed by atoms with Crippen LogP contribution >= 0.6 is 11.3 Å². The highest BCUT2D eigenvalue weighted by molar-refractivity contribution is 7.10. The number of hydrogen-bond acceptors (Lipinski definition) is 5. The third-order valence-electron chi connectivity index (χ3n) is 5.11. The van der Waals surface area contributed by atoms with E-state index in [2.05, 4.69) is 15.6 Å². The van der Waals surface area contributed by atoms with Crippen LogP contribution in [0.25, 0.3) is 11.3 Å². The smallest absolute Gasteiger partial charge is 0.319 e. The Balaban J connectivity index is 1.43. The van der Waals surface area contributed by atoms with E-state index >= 15 is 0 Å². The fourth-order valence-electron chi connectivity index (χ4n) is 3.54. The maximum atomic E-state index is 12.6. The number of thiazole rings is 1. The van der Waals surface area contributed by atoms with Gasteiger partial charge in [0.2, 0.25) is 5.91 Å². The van der Waals surface area contributed by atoms with Gasteiger partial charge in [-0.25, -0.2) is 9.78 Å². The van der Waals surface area contributed by atoms with Crippen molar-refractivity contribution in [2.45, 2.75) is 25.8 Å². The van der Waals surface area contributed by atoms with Gasteiger partial charge >= 0.3 is 6.03 Å². The van der Waals surface area contributed by atoms with Crippen LogP contribution in [0, 0.1) is 0 Å². The molecule has 0 bridgehead atoms. The molecule has 4 rings (SSSR count). The second kappa shape index (κ2) is 9.18. The normalized spacial score (nSPS) is 14.4. The molecule has 3 aromatic rings. The monoisotopic (exact) mass is 436 g/mol. The first-order valence-corrected chi connectivity index (χ1v) is 11.0. The molecule has 0 spiro atoms. The average molecular weight is 437 g/mol. The Morgan fingerprint density at radius 2 is 2.03 bits per heavy atom. The summed E-state index contributed by atoms with van der Waals surface area (Å²) in [6.45, 7) is 2.55. The SMILES string of the molecule is COc1ccc(NC(=O)NC(C)c2nc(-c3ccccc3)cs2)cc1N1CCCC1=O. The molecule has 3 amide bonds. The summed E-state index contributed by atoms with van der Waals surface area (Å²) in [6.07, 6.45) is 1.34. The van der Waals surface area contributed by atoms with Crippen LogP contribution in [0.4, 0.5) is 16.2 Å². The van der Waals surface area contributed by atoms with Crippen LogP contribution in [0.2, 0.25) is 0 Å². The summed E-state index contributed by atoms with van der Waals surface area (Å²) in [7, 11) is 1.57. The number of nitrogens with zero attached hydrogens (tertiary/aromatic N) is 2. The minimum Gasteiger partial charge on any atom is -0.495 e. The summed E-state index contributed by atoms with van der Waals surface area (Å²) < 4.78 is 5.40. The van der Waals surface area contributed by atoms with Crippen molar-refractivity contribution < 1.29 is 14.3 Å². The van der Waals surface area contributed by atoms with E-state index in [9.17, 15) is 9.59 Å². The third-order valence-corrected chi connectivity index (χ3v) is 6.14. The molecule has 1 aromatic heterocycles. The van der Waals surface area contributed by atoms with Gasteiger partial charge in [0.15, 0.2) is 0 Å². The number of urea groups is 1. The fourth-order valence-corrected chi connectivity index (χ4v) is 4.37. The maximum Gasteiger partial charge on any atom is 0.319 e. The van der Waals surface area contributed by atoms with E-state index in [0.717, 1.165) is 22.7 Å². The van der Waals surface area contributed by atoms with Gasteiger partial charge in [0.25, 0.3) is 0 Å². The molecule has 0 aliphatic carbocycles. The van der Waals surface area contributed by atoms with E-state index in [1.54, 1.807) is 30.2 Å². The van der Waals surface area contributed by atoms with Crippen LogP contribution in [0.15, 0.2) is 53.9 Å². The zero-order valence-electron chi connectivity index (χ0n) is 17.4. The average Bonchev–Trinajstić information content (AvgIpc) is 3.43. The summed E-state index contributed by atoms with van der Waals surface area (Å²) in [5, 5.41) is 8.58. The Labute approximate surface area is 185 Å². The molecule has 7 nitrogen and oxygen atoms in total. The predicted octanol–water partition coefficient (Wildman–Crippen LogP) is 4.83. The van der Waals surface area contributed by atoms with E-state index in [4.69, 9.17) is 4.74 Å². The zero-order valence-corrected chi connectivity index (χ0v) is 18.2. The molecular weight excluding hydrogens is 412 g/mol. The number of amides is 3. The number of methoxy groups -OCH3 is 1. The van der Waals surface area contributed by atoms with Crippen molar-refractivity contribution >= 4 is 34.6 Å². The van der Waals surface area contributed by atoms with Crippen LogP contribution < -0.4 is 20.3 Å². The van der Waals surface area contributed by atoms with Crippen LogP contribution in [-0.4, -0.2) is 30.6 Å². The number of rotatable bonds is 6. The first-order valence-electron chi connectivity index (χ1n) is 10.1. The number of anilines is 2. The van der Waals surface area contributed by atoms with Gasteiger partial charge in [-0.15, -0.1) is 11.3 Å². The molecular formula is C23H24N4O3S. The lowest BCUT2D eigenvalue weighted by atomic mass is 10.2. The van der Waals surface area contributed by atoms with E-state index in [1.165, 1.54) is 11.3 Å². The standard InChI is InChI=1S/C23H24N4O3S/c1-15(22-26-18(14-31-22)16-7-4-3-5-8-16)24-23(29)25-17-10-11-20(30-2)19(13-17)27-12-6-9-21(27)28/h3-5,7-8,10-11,13-15H,6,9,12H2,1-2H3,(H2,24,25,29). The van der Waals surface area contributed by atoms with Gasteiger partial charge in [-0.1, -0.05) is 30.3 Å². The number of carbonyl (C=O) groups is 2. The van der Waals surface area contributed by atoms with Gasteiger partial charge in [0.05, 0.1) is 24.5 Å². The van der Waals surface area contributed by atoms with Crippen LogP contribution in [-0.2, 0) is 4.79 Å². The number of aromatic nitrogens is 1. The molecule has 1 atom stereocenters. The Hall–Kier alpha value is -3.39. The topological polar surface area (TPSA) is 83.6 Å². The lowest BCUT2D eigenvalue weighted by molar-refractivity contribution is -0.117. The molecule has 1 aliphatic rings. The third kappa shape index (κ3) is 4.69. The Morgan fingerprint density at radius 3 is 2.74 bits per heavy atom. The Bertz CT molecular complexity index is 1080.